The molecule has 0 unspecified atom stereocenters. The maximum Gasteiger partial charge on any atom is 0.296 e. The third-order valence-electron chi connectivity index (χ3n) is 1.65. The van der Waals surface area contributed by atoms with Crippen molar-refractivity contribution in [3.05, 3.63) is 18.2 Å². The number of anilines is 2. The fourth-order valence-corrected chi connectivity index (χ4v) is 1.75. The lowest BCUT2D eigenvalue weighted by atomic mass is 10.3. The van der Waals surface area contributed by atoms with Crippen molar-refractivity contribution in [2.75, 3.05) is 17.6 Å². The Hall–Kier alpha value is -1.27. The molecule has 14 heavy (non-hydrogen) atoms. The average Bonchev–Trinajstić information content (AvgIpc) is 2.02. The van der Waals surface area contributed by atoms with E-state index in [1.807, 2.05) is 6.92 Å². The zero-order valence-corrected chi connectivity index (χ0v) is 8.50. The maximum atomic E-state index is 10.9. The third-order valence-corrected chi connectivity index (χ3v) is 2.56. The summed E-state index contributed by atoms with van der Waals surface area (Å²) in [5, 5.41) is 2.80. The molecule has 78 valence electrons. The Morgan fingerprint density at radius 2 is 2.14 bits per heavy atom. The predicted octanol–water partition coefficient (Wildman–Crippen LogP) is 0.947. The molecule has 6 heteroatoms. The molecule has 0 aliphatic carbocycles. The number of hydrogen-bond donors (Lipinski definition) is 3. The molecule has 0 saturated heterocycles. The van der Waals surface area contributed by atoms with Gasteiger partial charge in [-0.2, -0.15) is 8.42 Å². The zero-order chi connectivity index (χ0) is 10.8. The highest BCUT2D eigenvalue weighted by molar-refractivity contribution is 7.86. The molecule has 4 N–H and O–H groups in total. The molecule has 0 saturated carbocycles. The molecule has 1 aromatic rings. The Morgan fingerprint density at radius 3 is 2.64 bits per heavy atom. The molecule has 0 aliphatic rings. The first-order valence-electron chi connectivity index (χ1n) is 4.06. The van der Waals surface area contributed by atoms with Crippen molar-refractivity contribution in [3.8, 4) is 0 Å². The highest BCUT2D eigenvalue weighted by atomic mass is 32.2. The first-order chi connectivity index (χ1) is 6.45. The first kappa shape index (κ1) is 10.8. The van der Waals surface area contributed by atoms with Crippen molar-refractivity contribution in [2.24, 2.45) is 0 Å². The normalized spacial score (nSPS) is 11.3. The number of benzene rings is 1. The van der Waals surface area contributed by atoms with E-state index in [9.17, 15) is 8.42 Å². The van der Waals surface area contributed by atoms with Crippen molar-refractivity contribution in [2.45, 2.75) is 11.8 Å². The lowest BCUT2D eigenvalue weighted by molar-refractivity contribution is 0.483. The van der Waals surface area contributed by atoms with Gasteiger partial charge in [-0.05, 0) is 25.1 Å². The molecule has 0 radical (unpaired) electrons. The summed E-state index contributed by atoms with van der Waals surface area (Å²) in [7, 11) is -4.19. The number of nitrogens with two attached hydrogens (primary N) is 1. The minimum Gasteiger partial charge on any atom is -0.399 e. The Labute approximate surface area is 82.7 Å². The van der Waals surface area contributed by atoms with Crippen LogP contribution in [0.4, 0.5) is 11.4 Å². The smallest absolute Gasteiger partial charge is 0.296 e. The molecule has 0 amide bonds. The largest absolute Gasteiger partial charge is 0.399 e. The van der Waals surface area contributed by atoms with E-state index in [0.717, 1.165) is 0 Å². The summed E-state index contributed by atoms with van der Waals surface area (Å²) in [6, 6.07) is 4.15. The van der Waals surface area contributed by atoms with Gasteiger partial charge in [0.25, 0.3) is 10.1 Å². The van der Waals surface area contributed by atoms with Gasteiger partial charge >= 0.3 is 0 Å². The SMILES string of the molecule is CCNc1cc(N)ccc1S(=O)(=O)O. The molecule has 0 atom stereocenters. The number of nitrogens with one attached hydrogen (secondary N) is 1. The monoisotopic (exact) mass is 216 g/mol. The highest BCUT2D eigenvalue weighted by Crippen LogP contribution is 2.23. The topological polar surface area (TPSA) is 92.4 Å². The van der Waals surface area contributed by atoms with Gasteiger partial charge in [-0.3, -0.25) is 4.55 Å². The van der Waals surface area contributed by atoms with Crippen molar-refractivity contribution < 1.29 is 13.0 Å². The second kappa shape index (κ2) is 3.85. The van der Waals surface area contributed by atoms with Crippen LogP contribution >= 0.6 is 0 Å². The van der Waals surface area contributed by atoms with Crippen molar-refractivity contribution in [3.63, 3.8) is 0 Å². The Kier molecular flexibility index (Phi) is 2.97. The van der Waals surface area contributed by atoms with Crippen LogP contribution in [-0.4, -0.2) is 19.5 Å². The summed E-state index contributed by atoms with van der Waals surface area (Å²) in [5.74, 6) is 0. The van der Waals surface area contributed by atoms with Crippen molar-refractivity contribution >= 4 is 21.5 Å². The predicted molar refractivity (Wildman–Crippen MR) is 54.8 cm³/mol. The molecule has 0 heterocycles. The standard InChI is InChI=1S/C8H12N2O3S/c1-2-10-7-5-6(9)3-4-8(7)14(11,12)13/h3-5,10H,2,9H2,1H3,(H,11,12,13). The number of rotatable bonds is 3. The Bertz CT molecular complexity index is 428. The van der Waals surface area contributed by atoms with Gasteiger partial charge in [0, 0.05) is 12.2 Å². The quantitative estimate of drug-likeness (QED) is 0.516. The van der Waals surface area contributed by atoms with Crippen LogP contribution in [0.1, 0.15) is 6.92 Å². The summed E-state index contributed by atoms with van der Waals surface area (Å²) in [4.78, 5) is -0.159. The second-order valence-electron chi connectivity index (χ2n) is 2.76. The van der Waals surface area contributed by atoms with Crippen LogP contribution in [0.25, 0.3) is 0 Å². The van der Waals surface area contributed by atoms with Crippen LogP contribution in [0.3, 0.4) is 0 Å². The number of nitrogen functional groups attached to an aromatic ring is 1. The molecule has 5 nitrogen and oxygen atoms in total. The molecule has 0 spiro atoms. The van der Waals surface area contributed by atoms with Crippen LogP contribution in [0.15, 0.2) is 23.1 Å². The van der Waals surface area contributed by atoms with Crippen LogP contribution in [0.2, 0.25) is 0 Å². The highest BCUT2D eigenvalue weighted by Gasteiger charge is 2.14. The molecule has 0 bridgehead atoms. The molecule has 0 aliphatic heterocycles. The second-order valence-corrected chi connectivity index (χ2v) is 4.15. The van der Waals surface area contributed by atoms with Crippen LogP contribution < -0.4 is 11.1 Å². The molecule has 1 rings (SSSR count). The van der Waals surface area contributed by atoms with Crippen LogP contribution in [0.5, 0.6) is 0 Å². The zero-order valence-electron chi connectivity index (χ0n) is 7.69. The minimum atomic E-state index is -4.19. The summed E-state index contributed by atoms with van der Waals surface area (Å²) in [6.07, 6.45) is 0. The van der Waals surface area contributed by atoms with E-state index in [2.05, 4.69) is 5.32 Å². The molecular weight excluding hydrogens is 204 g/mol. The lowest BCUT2D eigenvalue weighted by Crippen LogP contribution is -2.06. The summed E-state index contributed by atoms with van der Waals surface area (Å²) in [5.41, 5.74) is 6.24. The van der Waals surface area contributed by atoms with Gasteiger partial charge in [-0.25, -0.2) is 0 Å². The van der Waals surface area contributed by atoms with E-state index in [1.54, 1.807) is 0 Å². The summed E-state index contributed by atoms with van der Waals surface area (Å²) in [6.45, 7) is 2.36. The summed E-state index contributed by atoms with van der Waals surface area (Å²) < 4.78 is 30.7. The molecule has 0 fully saturated rings. The van der Waals surface area contributed by atoms with E-state index in [4.69, 9.17) is 10.3 Å². The lowest BCUT2D eigenvalue weighted by Gasteiger charge is -2.08. The van der Waals surface area contributed by atoms with Gasteiger partial charge in [0.15, 0.2) is 0 Å². The van der Waals surface area contributed by atoms with E-state index in [1.165, 1.54) is 18.2 Å². The van der Waals surface area contributed by atoms with E-state index < -0.39 is 10.1 Å². The molecule has 1 aromatic carbocycles. The van der Waals surface area contributed by atoms with Gasteiger partial charge in [0.1, 0.15) is 4.90 Å². The van der Waals surface area contributed by atoms with E-state index in [0.29, 0.717) is 17.9 Å². The molecule has 0 aromatic heterocycles. The maximum absolute atomic E-state index is 10.9. The van der Waals surface area contributed by atoms with E-state index >= 15 is 0 Å². The van der Waals surface area contributed by atoms with Gasteiger partial charge in [0.2, 0.25) is 0 Å². The Morgan fingerprint density at radius 1 is 1.50 bits per heavy atom. The first-order valence-corrected chi connectivity index (χ1v) is 5.50. The fourth-order valence-electron chi connectivity index (χ4n) is 1.10. The third kappa shape index (κ3) is 2.36. The molecular formula is C8H12N2O3S. The van der Waals surface area contributed by atoms with Gasteiger partial charge < -0.3 is 11.1 Å². The van der Waals surface area contributed by atoms with Crippen LogP contribution in [0, 0.1) is 0 Å². The van der Waals surface area contributed by atoms with Crippen molar-refractivity contribution in [1.29, 1.82) is 0 Å². The van der Waals surface area contributed by atoms with E-state index in [-0.39, 0.29) is 4.90 Å². The average molecular weight is 216 g/mol. The minimum absolute atomic E-state index is 0.159. The van der Waals surface area contributed by atoms with Gasteiger partial charge in [0.05, 0.1) is 5.69 Å². The summed E-state index contributed by atoms with van der Waals surface area (Å²) >= 11 is 0. The van der Waals surface area contributed by atoms with Gasteiger partial charge in [-0.15, -0.1) is 0 Å². The number of hydrogen-bond acceptors (Lipinski definition) is 4. The van der Waals surface area contributed by atoms with Crippen LogP contribution in [-0.2, 0) is 10.1 Å². The fraction of sp³-hybridized carbons (Fsp3) is 0.250. The van der Waals surface area contributed by atoms with Gasteiger partial charge in [-0.1, -0.05) is 0 Å². The Balaban J connectivity index is 3.29. The van der Waals surface area contributed by atoms with Crippen molar-refractivity contribution in [1.82, 2.24) is 0 Å².